The fraction of sp³-hybridized carbons (Fsp3) is 0.435. The highest BCUT2D eigenvalue weighted by Crippen LogP contribution is 2.34. The molecule has 0 unspecified atom stereocenters. The largest absolute Gasteiger partial charge is 0.462 e. The third-order valence-corrected chi connectivity index (χ3v) is 16.1. The van der Waals surface area contributed by atoms with Gasteiger partial charge < -0.3 is 30.2 Å². The summed E-state index contributed by atoms with van der Waals surface area (Å²) in [4.78, 5) is 36.4. The highest BCUT2D eigenvalue weighted by atomic mass is 35.5. The Hall–Kier alpha value is -6.29. The molecule has 0 spiro atoms. The van der Waals surface area contributed by atoms with Crippen molar-refractivity contribution in [2.24, 2.45) is 17.8 Å². The Morgan fingerprint density at radius 1 is 0.388 bits per heavy atom. The van der Waals surface area contributed by atoms with E-state index in [2.05, 4.69) is 64.5 Å². The van der Waals surface area contributed by atoms with Crippen LogP contribution in [0.2, 0.25) is 10.0 Å². The van der Waals surface area contributed by atoms with Crippen molar-refractivity contribution in [3.8, 4) is 0 Å². The maximum absolute atomic E-state index is 12.1. The molecule has 80 heavy (non-hydrogen) atoms. The zero-order chi connectivity index (χ0) is 56.3. The number of halogens is 2. The van der Waals surface area contributed by atoms with E-state index < -0.39 is 0 Å². The maximum atomic E-state index is 12.1. The van der Waals surface area contributed by atoms with Gasteiger partial charge >= 0.3 is 17.9 Å². The van der Waals surface area contributed by atoms with Gasteiger partial charge in [-0.2, -0.15) is 0 Å². The van der Waals surface area contributed by atoms with Crippen molar-refractivity contribution >= 4 is 58.2 Å². The molecule has 11 heteroatoms. The van der Waals surface area contributed by atoms with Crippen LogP contribution in [-0.4, -0.2) is 37.7 Å². The summed E-state index contributed by atoms with van der Waals surface area (Å²) in [5, 5.41) is 12.1. The molecule has 0 aliphatic heterocycles. The first-order valence-corrected chi connectivity index (χ1v) is 30.5. The van der Waals surface area contributed by atoms with Crippen LogP contribution in [0.25, 0.3) is 0 Å². The van der Waals surface area contributed by atoms with E-state index in [0.717, 1.165) is 81.8 Å². The van der Waals surface area contributed by atoms with Crippen LogP contribution in [0.5, 0.6) is 0 Å². The molecule has 426 valence electrons. The number of carbonyl (C=O) groups is 3. The van der Waals surface area contributed by atoms with Crippen LogP contribution < -0.4 is 16.0 Å². The van der Waals surface area contributed by atoms with Gasteiger partial charge in [-0.05, 0) is 152 Å². The maximum Gasteiger partial charge on any atom is 0.338 e. The molecule has 3 aliphatic carbocycles. The second kappa shape index (κ2) is 33.5. The van der Waals surface area contributed by atoms with Gasteiger partial charge in [-0.1, -0.05) is 192 Å². The van der Waals surface area contributed by atoms with Crippen molar-refractivity contribution in [1.82, 2.24) is 0 Å². The number of hydrogen-bond acceptors (Lipinski definition) is 9. The average Bonchev–Trinajstić information content (AvgIpc) is 3.48. The number of esters is 3. The Balaban J connectivity index is 0.000000173. The van der Waals surface area contributed by atoms with Crippen molar-refractivity contribution in [2.45, 2.75) is 156 Å². The molecule has 3 saturated carbocycles. The predicted octanol–water partition coefficient (Wildman–Crippen LogP) is 18.1. The zero-order valence-electron chi connectivity index (χ0n) is 47.6. The first-order valence-electron chi connectivity index (χ1n) is 29.7. The molecule has 0 bridgehead atoms. The van der Waals surface area contributed by atoms with E-state index in [0.29, 0.717) is 49.6 Å². The number of hydrogen-bond donors (Lipinski definition) is 3. The molecule has 0 atom stereocenters. The van der Waals surface area contributed by atoms with Crippen molar-refractivity contribution in [2.75, 3.05) is 35.8 Å². The molecule has 3 N–H and O–H groups in total. The third kappa shape index (κ3) is 20.4. The third-order valence-electron chi connectivity index (χ3n) is 15.7. The molecular weight excluding hydrogens is 1040 g/mol. The summed E-state index contributed by atoms with van der Waals surface area (Å²) in [5.41, 5.74) is 12.3. The van der Waals surface area contributed by atoms with Crippen LogP contribution in [0.4, 0.5) is 17.1 Å². The van der Waals surface area contributed by atoms with Gasteiger partial charge in [-0.15, -0.1) is 0 Å². The van der Waals surface area contributed by atoms with Crippen LogP contribution in [0.15, 0.2) is 133 Å². The molecule has 3 fully saturated rings. The van der Waals surface area contributed by atoms with Crippen molar-refractivity contribution in [3.05, 3.63) is 194 Å². The van der Waals surface area contributed by atoms with Crippen LogP contribution in [-0.2, 0) is 53.1 Å². The van der Waals surface area contributed by atoms with E-state index >= 15 is 0 Å². The number of carbonyl (C=O) groups excluding carboxylic acids is 3. The van der Waals surface area contributed by atoms with Gasteiger partial charge in [0.1, 0.15) is 0 Å². The van der Waals surface area contributed by atoms with Crippen LogP contribution in [0, 0.1) is 17.8 Å². The number of ether oxygens (including phenoxy) is 3. The summed E-state index contributed by atoms with van der Waals surface area (Å²) in [7, 11) is 0. The lowest BCUT2D eigenvalue weighted by molar-refractivity contribution is 0.0517. The Kier molecular flexibility index (Phi) is 25.7. The normalized spacial score (nSPS) is 14.8. The zero-order valence-corrected chi connectivity index (χ0v) is 49.1. The lowest BCUT2D eigenvalue weighted by Gasteiger charge is -2.23. The summed E-state index contributed by atoms with van der Waals surface area (Å²) in [5.74, 6) is 1.44. The Morgan fingerprint density at radius 2 is 0.738 bits per heavy atom. The topological polar surface area (TPSA) is 115 Å². The van der Waals surface area contributed by atoms with E-state index in [4.69, 9.17) is 37.4 Å². The van der Waals surface area contributed by atoms with Gasteiger partial charge in [0.2, 0.25) is 0 Å². The predicted molar refractivity (Wildman–Crippen MR) is 329 cm³/mol. The van der Waals surface area contributed by atoms with Gasteiger partial charge in [0.05, 0.1) is 36.5 Å². The Bertz CT molecular complexity index is 2840. The molecule has 3 aliphatic rings. The fourth-order valence-electron chi connectivity index (χ4n) is 11.3. The second-order valence-electron chi connectivity index (χ2n) is 21.7. The van der Waals surface area contributed by atoms with E-state index in [9.17, 15) is 14.4 Å². The minimum Gasteiger partial charge on any atom is -0.462 e. The molecule has 9 rings (SSSR count). The summed E-state index contributed by atoms with van der Waals surface area (Å²) in [6, 6.07) is 43.8. The first kappa shape index (κ1) is 61.3. The number of anilines is 3. The minimum atomic E-state index is -0.271. The van der Waals surface area contributed by atoms with Gasteiger partial charge in [0.15, 0.2) is 0 Å². The summed E-state index contributed by atoms with van der Waals surface area (Å²) in [6.45, 7) is 8.78. The molecular formula is C69H85Cl2N3O6. The SMILES string of the molecule is CCOC(=O)c1ccc(CC2CCCCC2)c(NCc2ccc(Cl)cc2)c1.CCOC(=O)c1ccc(CC2CCCCC2)c(NCc2cccc(Cl)c2)c1.CCOC(=O)c1ccc(CC2CCCCC2)c(NCc2ccccc2)c1. The molecule has 9 nitrogen and oxygen atoms in total. The van der Waals surface area contributed by atoms with Crippen molar-refractivity contribution < 1.29 is 28.6 Å². The molecule has 0 aromatic heterocycles. The number of rotatable bonds is 21. The smallest absolute Gasteiger partial charge is 0.338 e. The number of nitrogens with one attached hydrogen (secondary N) is 3. The summed E-state index contributed by atoms with van der Waals surface area (Å²) in [6.07, 6.45) is 23.1. The molecule has 0 radical (unpaired) electrons. The first-order chi connectivity index (χ1) is 39.1. The lowest BCUT2D eigenvalue weighted by Crippen LogP contribution is -2.12. The Labute approximate surface area is 487 Å². The fourth-order valence-corrected chi connectivity index (χ4v) is 11.7. The van der Waals surface area contributed by atoms with Gasteiger partial charge in [-0.3, -0.25) is 0 Å². The molecule has 0 saturated heterocycles. The molecule has 6 aromatic rings. The van der Waals surface area contributed by atoms with Gasteiger partial charge in [-0.25, -0.2) is 14.4 Å². The number of benzene rings is 6. The Morgan fingerprint density at radius 3 is 1.10 bits per heavy atom. The monoisotopic (exact) mass is 1120 g/mol. The molecule has 0 amide bonds. The summed E-state index contributed by atoms with van der Waals surface area (Å²) >= 11 is 12.1. The van der Waals surface area contributed by atoms with Crippen molar-refractivity contribution in [1.29, 1.82) is 0 Å². The van der Waals surface area contributed by atoms with E-state index in [1.165, 1.54) is 119 Å². The van der Waals surface area contributed by atoms with Gasteiger partial charge in [0, 0.05) is 46.7 Å². The van der Waals surface area contributed by atoms with E-state index in [1.54, 1.807) is 0 Å². The van der Waals surface area contributed by atoms with E-state index in [1.807, 2.05) is 106 Å². The van der Waals surface area contributed by atoms with Gasteiger partial charge in [0.25, 0.3) is 0 Å². The minimum absolute atomic E-state index is 0.250. The quantitative estimate of drug-likeness (QED) is 0.0479. The van der Waals surface area contributed by atoms with Crippen LogP contribution in [0.1, 0.15) is 182 Å². The van der Waals surface area contributed by atoms with E-state index in [-0.39, 0.29) is 17.9 Å². The molecule has 6 aromatic carbocycles. The summed E-state index contributed by atoms with van der Waals surface area (Å²) < 4.78 is 15.5. The standard InChI is InChI=1S/2C23H28ClNO2.C23H29NO2/c1-2-27-23(26)20-12-11-19(13-17-7-4-3-5-8-17)22(15-20)25-16-18-9-6-10-21(24)14-18;1-2-27-23(26)20-11-10-19(14-17-6-4-3-5-7-17)22(15-20)25-16-18-8-12-21(24)13-9-18;1-2-26-23(25)21-14-13-20(15-18-9-5-3-6-10-18)22(16-21)24-17-19-11-7-4-8-12-19/h6,9-12,14-15,17,25H,2-5,7-8,13,16H2,1H3;8-13,15,17,25H,2-7,14,16H2,1H3;4,7-8,11-14,16,18,24H,2-3,5-6,9-10,15,17H2,1H3. The lowest BCUT2D eigenvalue weighted by atomic mass is 9.84. The molecule has 0 heterocycles. The van der Waals surface area contributed by atoms with Crippen LogP contribution in [0.3, 0.4) is 0 Å². The van der Waals surface area contributed by atoms with Crippen LogP contribution >= 0.6 is 23.2 Å². The average molecular weight is 1120 g/mol. The highest BCUT2D eigenvalue weighted by Gasteiger charge is 2.21. The van der Waals surface area contributed by atoms with Crippen molar-refractivity contribution in [3.63, 3.8) is 0 Å². The highest BCUT2D eigenvalue weighted by molar-refractivity contribution is 6.30. The second-order valence-corrected chi connectivity index (χ2v) is 22.6.